The molecule has 15 heavy (non-hydrogen) atoms. The Morgan fingerprint density at radius 2 is 1.53 bits per heavy atom. The Balaban J connectivity index is 0.000000336. The van der Waals surface area contributed by atoms with Crippen LogP contribution in [0.2, 0.25) is 4.59 Å². The summed E-state index contributed by atoms with van der Waals surface area (Å²) >= 11 is 2.22. The molecule has 0 saturated heterocycles. The molecule has 0 radical (unpaired) electrons. The van der Waals surface area contributed by atoms with Crippen LogP contribution in [0.1, 0.15) is 31.4 Å². The number of rotatable bonds is 3. The third kappa shape index (κ3) is 6.39. The Hall–Kier alpha value is -0.703. The predicted molar refractivity (Wildman–Crippen MR) is 72.1 cm³/mol. The van der Waals surface area contributed by atoms with E-state index in [1.165, 1.54) is 6.42 Å². The fourth-order valence-electron chi connectivity index (χ4n) is 0.883. The molecule has 1 atom stereocenters. The maximum atomic E-state index is 3.69. The summed E-state index contributed by atoms with van der Waals surface area (Å²) in [6.45, 7) is 11.8. The average molecular weight is 194 g/mol. The SMILES string of the molecule is C=Cc1ccccc1C=C.[Li][CH](C)CC. The first kappa shape index (κ1) is 14.3. The van der Waals surface area contributed by atoms with E-state index in [1.54, 1.807) is 0 Å². The summed E-state index contributed by atoms with van der Waals surface area (Å²) in [7, 11) is 0. The molecule has 0 aliphatic rings. The van der Waals surface area contributed by atoms with Crippen molar-refractivity contribution in [1.29, 1.82) is 0 Å². The van der Waals surface area contributed by atoms with Gasteiger partial charge in [0.15, 0.2) is 0 Å². The van der Waals surface area contributed by atoms with Gasteiger partial charge in [0.05, 0.1) is 0 Å². The first-order valence-electron chi connectivity index (χ1n) is 5.49. The van der Waals surface area contributed by atoms with Crippen LogP contribution in [-0.4, -0.2) is 17.7 Å². The van der Waals surface area contributed by atoms with E-state index in [0.29, 0.717) is 0 Å². The van der Waals surface area contributed by atoms with Crippen LogP contribution in [0.25, 0.3) is 12.2 Å². The van der Waals surface area contributed by atoms with Crippen LogP contribution in [0.5, 0.6) is 0 Å². The summed E-state index contributed by atoms with van der Waals surface area (Å²) in [5, 5.41) is 0. The molecule has 1 unspecified atom stereocenters. The summed E-state index contributed by atoms with van der Waals surface area (Å²) in [5.41, 5.74) is 2.27. The molecule has 0 aromatic heterocycles. The molecule has 0 aliphatic heterocycles. The molecule has 76 valence electrons. The van der Waals surface area contributed by atoms with Gasteiger partial charge in [-0.3, -0.25) is 0 Å². The predicted octanol–water partition coefficient (Wildman–Crippen LogP) is 4.35. The summed E-state index contributed by atoms with van der Waals surface area (Å²) in [6.07, 6.45) is 4.97. The van der Waals surface area contributed by atoms with Crippen molar-refractivity contribution >= 4 is 29.9 Å². The molecule has 1 aromatic carbocycles. The van der Waals surface area contributed by atoms with Gasteiger partial charge in [-0.25, -0.2) is 0 Å². The van der Waals surface area contributed by atoms with Crippen molar-refractivity contribution in [2.75, 3.05) is 0 Å². The van der Waals surface area contributed by atoms with E-state index in [2.05, 4.69) is 44.7 Å². The molecule has 1 aromatic rings. The summed E-state index contributed by atoms with van der Waals surface area (Å²) in [6, 6.07) is 8.02. The van der Waals surface area contributed by atoms with Gasteiger partial charge in [-0.05, 0) is 11.1 Å². The van der Waals surface area contributed by atoms with Crippen LogP contribution in [0.3, 0.4) is 0 Å². The summed E-state index contributed by atoms with van der Waals surface area (Å²) in [5.74, 6) is 0. The van der Waals surface area contributed by atoms with Crippen LogP contribution >= 0.6 is 0 Å². The standard InChI is InChI=1S/C10H10.C4H9.Li/c1-3-9-7-5-6-8-10(9)4-2;1-3-4-2;/h3-8H,1-2H2;3H,4H2,1-2H3;. The first-order chi connectivity index (χ1) is 7.15. The van der Waals surface area contributed by atoms with Gasteiger partial charge in [0.1, 0.15) is 0 Å². The van der Waals surface area contributed by atoms with Crippen LogP contribution in [0.15, 0.2) is 37.4 Å². The van der Waals surface area contributed by atoms with Gasteiger partial charge < -0.3 is 0 Å². The van der Waals surface area contributed by atoms with E-state index >= 15 is 0 Å². The molecule has 1 rings (SSSR count). The Labute approximate surface area is 103 Å². The van der Waals surface area contributed by atoms with Crippen molar-refractivity contribution < 1.29 is 0 Å². The van der Waals surface area contributed by atoms with Gasteiger partial charge in [0.25, 0.3) is 0 Å². The fraction of sp³-hybridized carbons (Fsp3) is 0.286. The number of benzene rings is 1. The summed E-state index contributed by atoms with van der Waals surface area (Å²) < 4.78 is 0.884. The molecular weight excluding hydrogens is 175 g/mol. The first-order valence-corrected chi connectivity index (χ1v) is 5.49. The second kappa shape index (κ2) is 8.59. The van der Waals surface area contributed by atoms with Gasteiger partial charge in [-0.1, -0.05) is 49.6 Å². The van der Waals surface area contributed by atoms with Crippen molar-refractivity contribution in [3.05, 3.63) is 48.6 Å². The molecule has 0 nitrogen and oxygen atoms in total. The Morgan fingerprint density at radius 1 is 1.20 bits per heavy atom. The second-order valence-corrected chi connectivity index (χ2v) is 3.84. The molecule has 0 spiro atoms. The van der Waals surface area contributed by atoms with Crippen molar-refractivity contribution in [3.63, 3.8) is 0 Å². The van der Waals surface area contributed by atoms with Crippen molar-refractivity contribution in [2.24, 2.45) is 0 Å². The molecule has 0 fully saturated rings. The second-order valence-electron chi connectivity index (χ2n) is 3.84. The van der Waals surface area contributed by atoms with Gasteiger partial charge >= 0.3 is 42.6 Å². The van der Waals surface area contributed by atoms with Gasteiger partial charge in [-0.2, -0.15) is 0 Å². The molecule has 1 heteroatoms. The molecule has 0 aliphatic carbocycles. The van der Waals surface area contributed by atoms with Gasteiger partial charge in [0, 0.05) is 0 Å². The molecule has 0 amide bonds. The minimum absolute atomic E-state index is 0.884. The Morgan fingerprint density at radius 3 is 1.73 bits per heavy atom. The topological polar surface area (TPSA) is 0 Å². The average Bonchev–Trinajstić information content (AvgIpc) is 2.29. The van der Waals surface area contributed by atoms with Gasteiger partial charge in [0.2, 0.25) is 0 Å². The monoisotopic (exact) mass is 194 g/mol. The minimum atomic E-state index is 0.884. The zero-order chi connectivity index (χ0) is 11.7. The van der Waals surface area contributed by atoms with E-state index in [0.717, 1.165) is 15.7 Å². The quantitative estimate of drug-likeness (QED) is 0.627. The summed E-state index contributed by atoms with van der Waals surface area (Å²) in [4.78, 5) is 0. The van der Waals surface area contributed by atoms with Crippen molar-refractivity contribution in [2.45, 2.75) is 24.9 Å². The van der Waals surface area contributed by atoms with Crippen LogP contribution in [0, 0.1) is 0 Å². The molecular formula is C14H19Li. The Bertz CT molecular complexity index is 273. The Kier molecular flexibility index (Phi) is 8.19. The van der Waals surface area contributed by atoms with Crippen LogP contribution in [-0.2, 0) is 0 Å². The van der Waals surface area contributed by atoms with Gasteiger partial charge in [-0.15, -0.1) is 0 Å². The molecule has 0 saturated carbocycles. The van der Waals surface area contributed by atoms with E-state index in [1.807, 2.05) is 36.4 Å². The van der Waals surface area contributed by atoms with E-state index in [4.69, 9.17) is 0 Å². The van der Waals surface area contributed by atoms with Crippen LogP contribution < -0.4 is 0 Å². The third-order valence-electron chi connectivity index (χ3n) is 2.25. The number of hydrogen-bond acceptors (Lipinski definition) is 0. The fourth-order valence-corrected chi connectivity index (χ4v) is 0.883. The molecule has 0 bridgehead atoms. The third-order valence-corrected chi connectivity index (χ3v) is 2.25. The van der Waals surface area contributed by atoms with Crippen molar-refractivity contribution in [1.82, 2.24) is 0 Å². The van der Waals surface area contributed by atoms with Crippen molar-refractivity contribution in [3.8, 4) is 0 Å². The molecule has 0 N–H and O–H groups in total. The van der Waals surface area contributed by atoms with E-state index in [-0.39, 0.29) is 0 Å². The zero-order valence-corrected chi connectivity index (χ0v) is 10.2. The molecule has 0 heterocycles. The number of hydrogen-bond donors (Lipinski definition) is 0. The van der Waals surface area contributed by atoms with E-state index in [9.17, 15) is 0 Å². The van der Waals surface area contributed by atoms with Crippen LogP contribution in [0.4, 0.5) is 0 Å². The van der Waals surface area contributed by atoms with E-state index < -0.39 is 0 Å². The normalized spacial score (nSPS) is 10.9. The maximum absolute atomic E-state index is 3.69. The zero-order valence-electron chi connectivity index (χ0n) is 10.2.